The topological polar surface area (TPSA) is 125 Å². The second kappa shape index (κ2) is 9.79. The van der Waals surface area contributed by atoms with Gasteiger partial charge >= 0.3 is 16.7 Å². The fraction of sp³-hybridized carbons (Fsp3) is 0.0500. The number of anilines is 1. The van der Waals surface area contributed by atoms with Gasteiger partial charge in [-0.1, -0.05) is 17.7 Å². The third-order valence-electron chi connectivity index (χ3n) is 4.05. The molecule has 0 atom stereocenters. The second-order valence-corrected chi connectivity index (χ2v) is 8.25. The number of carbonyl (C=O) groups is 1. The zero-order chi connectivity index (χ0) is 24.2. The Morgan fingerprint density at radius 2 is 1.76 bits per heavy atom. The smallest absolute Gasteiger partial charge is 0.387 e. The monoisotopic (exact) mass is 498 g/mol. The van der Waals surface area contributed by atoms with Gasteiger partial charge in [0, 0.05) is 23.4 Å². The van der Waals surface area contributed by atoms with Crippen molar-refractivity contribution in [3.63, 3.8) is 0 Å². The lowest BCUT2D eigenvalue weighted by molar-refractivity contribution is -0.385. The van der Waals surface area contributed by atoms with E-state index in [9.17, 15) is 32.1 Å². The summed E-state index contributed by atoms with van der Waals surface area (Å²) in [6.45, 7) is -3.05. The van der Waals surface area contributed by atoms with Crippen molar-refractivity contribution in [1.29, 1.82) is 0 Å². The number of hydrogen-bond donors (Lipinski definition) is 1. The summed E-state index contributed by atoms with van der Waals surface area (Å²) < 4.78 is 58.5. The maximum atomic E-state index is 12.4. The highest BCUT2D eigenvalue weighted by Gasteiger charge is 2.20. The molecule has 33 heavy (non-hydrogen) atoms. The molecule has 3 aromatic carbocycles. The van der Waals surface area contributed by atoms with Crippen LogP contribution >= 0.6 is 11.6 Å². The number of halogens is 3. The van der Waals surface area contributed by atoms with Gasteiger partial charge in [-0.3, -0.25) is 14.9 Å². The van der Waals surface area contributed by atoms with Gasteiger partial charge in [0.2, 0.25) is 0 Å². The van der Waals surface area contributed by atoms with E-state index in [-0.39, 0.29) is 27.8 Å². The maximum Gasteiger partial charge on any atom is 0.387 e. The van der Waals surface area contributed by atoms with E-state index in [4.69, 9.17) is 15.8 Å². The predicted octanol–water partition coefficient (Wildman–Crippen LogP) is 4.87. The Labute approximate surface area is 190 Å². The van der Waals surface area contributed by atoms with Gasteiger partial charge in [-0.05, 0) is 48.5 Å². The van der Waals surface area contributed by atoms with E-state index in [0.29, 0.717) is 0 Å². The molecule has 3 aromatic rings. The highest BCUT2D eigenvalue weighted by molar-refractivity contribution is 7.87. The number of rotatable bonds is 8. The number of benzene rings is 3. The van der Waals surface area contributed by atoms with Crippen LogP contribution in [0.3, 0.4) is 0 Å². The minimum atomic E-state index is -4.35. The van der Waals surface area contributed by atoms with Crippen LogP contribution in [0.1, 0.15) is 10.4 Å². The summed E-state index contributed by atoms with van der Waals surface area (Å²) in [4.78, 5) is 22.1. The lowest BCUT2D eigenvalue weighted by Crippen LogP contribution is -2.13. The molecule has 3 rings (SSSR count). The Bertz CT molecular complexity index is 1300. The van der Waals surface area contributed by atoms with Crippen molar-refractivity contribution in [2.75, 3.05) is 5.32 Å². The van der Waals surface area contributed by atoms with E-state index < -0.39 is 38.1 Å². The summed E-state index contributed by atoms with van der Waals surface area (Å²) in [5.41, 5.74) is -0.0834. The Kier molecular flexibility index (Phi) is 7.09. The van der Waals surface area contributed by atoms with Crippen molar-refractivity contribution >= 4 is 39.0 Å². The van der Waals surface area contributed by atoms with E-state index in [1.54, 1.807) is 0 Å². The van der Waals surface area contributed by atoms with Crippen LogP contribution in [0.2, 0.25) is 5.02 Å². The molecule has 0 saturated carbocycles. The first-order chi connectivity index (χ1) is 15.5. The minimum absolute atomic E-state index is 0.124. The number of nitro benzene ring substituents is 1. The number of nitrogens with one attached hydrogen (secondary N) is 1. The summed E-state index contributed by atoms with van der Waals surface area (Å²) in [5, 5.41) is 13.2. The van der Waals surface area contributed by atoms with E-state index in [1.807, 2.05) is 0 Å². The van der Waals surface area contributed by atoms with Crippen LogP contribution < -0.4 is 14.2 Å². The van der Waals surface area contributed by atoms with Crippen LogP contribution in [-0.2, 0) is 10.1 Å². The molecule has 0 bridgehead atoms. The minimum Gasteiger partial charge on any atom is -0.433 e. The first-order valence-corrected chi connectivity index (χ1v) is 10.7. The second-order valence-electron chi connectivity index (χ2n) is 6.29. The molecule has 0 radical (unpaired) electrons. The van der Waals surface area contributed by atoms with E-state index in [2.05, 4.69) is 10.1 Å². The molecular weight excluding hydrogens is 486 g/mol. The zero-order valence-corrected chi connectivity index (χ0v) is 17.8. The number of carbonyl (C=O) groups excluding carboxylic acids is 1. The van der Waals surface area contributed by atoms with Gasteiger partial charge in [-0.25, -0.2) is 0 Å². The first kappa shape index (κ1) is 23.9. The van der Waals surface area contributed by atoms with Crippen molar-refractivity contribution in [2.24, 2.45) is 0 Å². The Morgan fingerprint density at radius 1 is 1.06 bits per heavy atom. The fourth-order valence-electron chi connectivity index (χ4n) is 2.56. The van der Waals surface area contributed by atoms with E-state index >= 15 is 0 Å². The van der Waals surface area contributed by atoms with Crippen molar-refractivity contribution in [1.82, 2.24) is 0 Å². The normalized spacial score (nSPS) is 11.2. The zero-order valence-electron chi connectivity index (χ0n) is 16.3. The maximum absolute atomic E-state index is 12.4. The third-order valence-corrected chi connectivity index (χ3v) is 5.58. The average Bonchev–Trinajstić information content (AvgIpc) is 2.75. The molecule has 172 valence electrons. The molecule has 0 heterocycles. The molecule has 0 fully saturated rings. The van der Waals surface area contributed by atoms with Crippen LogP contribution in [0.5, 0.6) is 11.5 Å². The van der Waals surface area contributed by atoms with E-state index in [0.717, 1.165) is 18.2 Å². The van der Waals surface area contributed by atoms with Gasteiger partial charge in [0.05, 0.1) is 9.95 Å². The van der Waals surface area contributed by atoms with Gasteiger partial charge in [0.1, 0.15) is 16.4 Å². The molecule has 9 nitrogen and oxygen atoms in total. The standard InChI is InChI=1S/C20H13ClF2N2O7S/c21-17-10-13(6-9-18(17)31-20(22)23)24-19(26)12-4-7-15(8-5-12)32-33(29,30)16-3-1-2-14(11-16)25(27)28/h1-11,20H,(H,24,26). The SMILES string of the molecule is O=C(Nc1ccc(OC(F)F)c(Cl)c1)c1ccc(OS(=O)(=O)c2cccc([N+](=O)[O-])c2)cc1. The average molecular weight is 499 g/mol. The Balaban J connectivity index is 1.70. The van der Waals surface area contributed by atoms with Gasteiger partial charge in [0.25, 0.3) is 11.6 Å². The molecule has 0 saturated heterocycles. The Hall–Kier alpha value is -3.77. The van der Waals surface area contributed by atoms with Crippen molar-refractivity contribution in [2.45, 2.75) is 11.5 Å². The predicted molar refractivity (Wildman–Crippen MR) is 113 cm³/mol. The number of nitrogens with zero attached hydrogens (tertiary/aromatic N) is 1. The molecule has 0 unspecified atom stereocenters. The summed E-state index contributed by atoms with van der Waals surface area (Å²) >= 11 is 5.84. The molecule has 0 spiro atoms. The lowest BCUT2D eigenvalue weighted by Gasteiger charge is -2.10. The van der Waals surface area contributed by atoms with Crippen molar-refractivity contribution < 1.29 is 35.8 Å². The van der Waals surface area contributed by atoms with E-state index in [1.165, 1.54) is 48.5 Å². The number of non-ortho nitro benzene ring substituents is 1. The molecule has 0 aliphatic carbocycles. The number of nitro groups is 1. The largest absolute Gasteiger partial charge is 0.433 e. The Morgan fingerprint density at radius 3 is 2.36 bits per heavy atom. The molecule has 0 aliphatic rings. The molecule has 1 amide bonds. The number of hydrogen-bond acceptors (Lipinski definition) is 7. The lowest BCUT2D eigenvalue weighted by atomic mass is 10.2. The van der Waals surface area contributed by atoms with Crippen molar-refractivity contribution in [3.05, 3.63) is 87.4 Å². The van der Waals surface area contributed by atoms with Crippen LogP contribution in [0.4, 0.5) is 20.2 Å². The van der Waals surface area contributed by atoms with Crippen LogP contribution in [0, 0.1) is 10.1 Å². The van der Waals surface area contributed by atoms with Crippen LogP contribution in [-0.4, -0.2) is 25.9 Å². The molecule has 13 heteroatoms. The number of ether oxygens (including phenoxy) is 1. The number of alkyl halides is 2. The molecule has 0 aromatic heterocycles. The summed E-state index contributed by atoms with van der Waals surface area (Å²) in [7, 11) is -4.35. The number of amides is 1. The van der Waals surface area contributed by atoms with Gasteiger partial charge in [-0.2, -0.15) is 17.2 Å². The highest BCUT2D eigenvalue weighted by Crippen LogP contribution is 2.29. The quantitative estimate of drug-likeness (QED) is 0.267. The molecule has 1 N–H and O–H groups in total. The van der Waals surface area contributed by atoms with Crippen molar-refractivity contribution in [3.8, 4) is 11.5 Å². The first-order valence-electron chi connectivity index (χ1n) is 8.90. The van der Waals surface area contributed by atoms with Gasteiger partial charge < -0.3 is 14.2 Å². The molecule has 0 aliphatic heterocycles. The van der Waals surface area contributed by atoms with Crippen LogP contribution in [0.15, 0.2) is 71.6 Å². The summed E-state index contributed by atoms with van der Waals surface area (Å²) in [6.07, 6.45) is 0. The summed E-state index contributed by atoms with van der Waals surface area (Å²) in [5.74, 6) is -0.979. The third kappa shape index (κ3) is 6.14. The fourth-order valence-corrected chi connectivity index (χ4v) is 3.76. The summed E-state index contributed by atoms with van der Waals surface area (Å²) in [6, 6.07) is 13.1. The molecular formula is C20H13ClF2N2O7S. The van der Waals surface area contributed by atoms with Gasteiger partial charge in [0.15, 0.2) is 0 Å². The highest BCUT2D eigenvalue weighted by atomic mass is 35.5. The van der Waals surface area contributed by atoms with Crippen LogP contribution in [0.25, 0.3) is 0 Å². The van der Waals surface area contributed by atoms with Gasteiger partial charge in [-0.15, -0.1) is 0 Å².